The topological polar surface area (TPSA) is 80.7 Å². The summed E-state index contributed by atoms with van der Waals surface area (Å²) in [5, 5.41) is 0. The Balaban J connectivity index is 2.93. The summed E-state index contributed by atoms with van der Waals surface area (Å²) in [6.45, 7) is 0. The molecule has 1 N–H and O–H groups in total. The second kappa shape index (κ2) is 5.09. The molecule has 1 rings (SSSR count). The maximum atomic E-state index is 11.0. The summed E-state index contributed by atoms with van der Waals surface area (Å²) >= 11 is 0. The molecule has 0 aromatic heterocycles. The molecule has 0 aliphatic heterocycles. The Hall–Kier alpha value is -1.40. The normalized spacial score (nSPS) is 11.1. The highest BCUT2D eigenvalue weighted by molar-refractivity contribution is 7.85. The molecule has 0 radical (unpaired) electrons. The number of aryl methyl sites for hydroxylation is 1. The summed E-state index contributed by atoms with van der Waals surface area (Å²) in [5.74, 6) is -0.426. The molecule has 0 spiro atoms. The summed E-state index contributed by atoms with van der Waals surface area (Å²) < 4.78 is 35.4. The molecular weight excluding hydrogens is 232 g/mol. The van der Waals surface area contributed by atoms with Crippen LogP contribution in [0.15, 0.2) is 29.2 Å². The molecular formula is C10H12O5S. The summed E-state index contributed by atoms with van der Waals surface area (Å²) in [6.07, 6.45) is 0.283. The minimum Gasteiger partial charge on any atom is -0.469 e. The van der Waals surface area contributed by atoms with Crippen LogP contribution in [0.1, 0.15) is 12.0 Å². The average Bonchev–Trinajstić information content (AvgIpc) is 2.25. The smallest absolute Gasteiger partial charge is 0.305 e. The van der Waals surface area contributed by atoms with E-state index < -0.39 is 16.1 Å². The third-order valence-corrected chi connectivity index (χ3v) is 3.03. The molecule has 5 nitrogen and oxygen atoms in total. The van der Waals surface area contributed by atoms with E-state index >= 15 is 0 Å². The number of esters is 1. The van der Waals surface area contributed by atoms with Gasteiger partial charge in [0.05, 0.1) is 12.0 Å². The second-order valence-corrected chi connectivity index (χ2v) is 4.55. The first kappa shape index (κ1) is 12.7. The standard InChI is InChI=1S/C10H12O5S/c1-15-10(11)7-6-8-4-2-3-5-9(8)16(12,13)14/h2-5H,6-7H2,1H3,(H,12,13,14). The van der Waals surface area contributed by atoms with Gasteiger partial charge in [0.1, 0.15) is 0 Å². The monoisotopic (exact) mass is 244 g/mol. The van der Waals surface area contributed by atoms with Gasteiger partial charge in [0.2, 0.25) is 0 Å². The molecule has 0 saturated heterocycles. The van der Waals surface area contributed by atoms with Crippen LogP contribution in [0.2, 0.25) is 0 Å². The lowest BCUT2D eigenvalue weighted by molar-refractivity contribution is -0.140. The molecule has 0 heterocycles. The quantitative estimate of drug-likeness (QED) is 0.632. The Labute approximate surface area is 93.8 Å². The van der Waals surface area contributed by atoms with Gasteiger partial charge in [-0.1, -0.05) is 18.2 Å². The van der Waals surface area contributed by atoms with Crippen molar-refractivity contribution in [1.82, 2.24) is 0 Å². The molecule has 0 aliphatic carbocycles. The van der Waals surface area contributed by atoms with Gasteiger partial charge in [0.15, 0.2) is 0 Å². The van der Waals surface area contributed by atoms with Crippen LogP contribution < -0.4 is 0 Å². The summed E-state index contributed by atoms with van der Waals surface area (Å²) in [4.78, 5) is 10.7. The molecule has 0 amide bonds. The average molecular weight is 244 g/mol. The molecule has 1 aromatic carbocycles. The number of carbonyl (C=O) groups is 1. The number of methoxy groups -OCH3 is 1. The van der Waals surface area contributed by atoms with E-state index in [1.807, 2.05) is 0 Å². The van der Waals surface area contributed by atoms with Crippen LogP contribution in [-0.2, 0) is 26.1 Å². The Bertz CT molecular complexity index is 478. The number of hydrogen-bond donors (Lipinski definition) is 1. The van der Waals surface area contributed by atoms with Gasteiger partial charge in [-0.15, -0.1) is 0 Å². The molecule has 88 valence electrons. The molecule has 0 saturated carbocycles. The van der Waals surface area contributed by atoms with E-state index in [4.69, 9.17) is 4.55 Å². The van der Waals surface area contributed by atoms with Crippen LogP contribution in [0, 0.1) is 0 Å². The van der Waals surface area contributed by atoms with Gasteiger partial charge in [0.25, 0.3) is 10.1 Å². The van der Waals surface area contributed by atoms with E-state index in [1.165, 1.54) is 19.2 Å². The second-order valence-electron chi connectivity index (χ2n) is 3.16. The zero-order chi connectivity index (χ0) is 12.2. The largest absolute Gasteiger partial charge is 0.469 e. The van der Waals surface area contributed by atoms with Crippen molar-refractivity contribution in [1.29, 1.82) is 0 Å². The fourth-order valence-electron chi connectivity index (χ4n) is 1.30. The number of ether oxygens (including phenoxy) is 1. The Morgan fingerprint density at radius 2 is 2.00 bits per heavy atom. The fraction of sp³-hybridized carbons (Fsp3) is 0.300. The van der Waals surface area contributed by atoms with Gasteiger partial charge in [-0.25, -0.2) is 0 Å². The van der Waals surface area contributed by atoms with Crippen molar-refractivity contribution in [3.8, 4) is 0 Å². The third kappa shape index (κ3) is 3.32. The zero-order valence-electron chi connectivity index (χ0n) is 8.71. The van der Waals surface area contributed by atoms with E-state index in [2.05, 4.69) is 4.74 Å². The predicted octanol–water partition coefficient (Wildman–Crippen LogP) is 1.04. The van der Waals surface area contributed by atoms with Gasteiger partial charge in [-0.2, -0.15) is 8.42 Å². The highest BCUT2D eigenvalue weighted by atomic mass is 32.2. The SMILES string of the molecule is COC(=O)CCc1ccccc1S(=O)(=O)O. The Kier molecular flexibility index (Phi) is 4.03. The minimum atomic E-state index is -4.24. The van der Waals surface area contributed by atoms with E-state index in [-0.39, 0.29) is 17.7 Å². The fourth-order valence-corrected chi connectivity index (χ4v) is 2.05. The Morgan fingerprint density at radius 1 is 1.38 bits per heavy atom. The summed E-state index contributed by atoms with van der Waals surface area (Å²) in [6, 6.07) is 5.99. The third-order valence-electron chi connectivity index (χ3n) is 2.08. The molecule has 0 unspecified atom stereocenters. The lowest BCUT2D eigenvalue weighted by Gasteiger charge is -2.05. The molecule has 0 fully saturated rings. The van der Waals surface area contributed by atoms with Crippen LogP contribution >= 0.6 is 0 Å². The molecule has 16 heavy (non-hydrogen) atoms. The molecule has 6 heteroatoms. The first-order valence-electron chi connectivity index (χ1n) is 4.57. The van der Waals surface area contributed by atoms with Crippen LogP contribution in [0.25, 0.3) is 0 Å². The number of benzene rings is 1. The minimum absolute atomic E-state index is 0.0725. The number of carbonyl (C=O) groups excluding carboxylic acids is 1. The highest BCUT2D eigenvalue weighted by Gasteiger charge is 2.15. The van der Waals surface area contributed by atoms with Crippen LogP contribution in [0.5, 0.6) is 0 Å². The van der Waals surface area contributed by atoms with E-state index in [0.717, 1.165) is 0 Å². The molecule has 0 aliphatic rings. The van der Waals surface area contributed by atoms with E-state index in [0.29, 0.717) is 5.56 Å². The number of hydrogen-bond acceptors (Lipinski definition) is 4. The van der Waals surface area contributed by atoms with E-state index in [9.17, 15) is 13.2 Å². The van der Waals surface area contributed by atoms with Crippen molar-refractivity contribution >= 4 is 16.1 Å². The van der Waals surface area contributed by atoms with Crippen molar-refractivity contribution in [3.05, 3.63) is 29.8 Å². The summed E-state index contributed by atoms with van der Waals surface area (Å²) in [5.41, 5.74) is 0.399. The van der Waals surface area contributed by atoms with Crippen molar-refractivity contribution in [2.45, 2.75) is 17.7 Å². The first-order valence-corrected chi connectivity index (χ1v) is 6.01. The molecule has 0 atom stereocenters. The van der Waals surface area contributed by atoms with Crippen LogP contribution in [0.4, 0.5) is 0 Å². The predicted molar refractivity (Wildman–Crippen MR) is 56.6 cm³/mol. The van der Waals surface area contributed by atoms with Gasteiger partial charge in [-0.3, -0.25) is 9.35 Å². The lowest BCUT2D eigenvalue weighted by Crippen LogP contribution is -2.06. The number of rotatable bonds is 4. The van der Waals surface area contributed by atoms with Gasteiger partial charge in [-0.05, 0) is 18.1 Å². The summed E-state index contributed by atoms with van der Waals surface area (Å²) in [7, 11) is -2.98. The maximum absolute atomic E-state index is 11.0. The highest BCUT2D eigenvalue weighted by Crippen LogP contribution is 2.16. The molecule has 0 bridgehead atoms. The Morgan fingerprint density at radius 3 is 2.56 bits per heavy atom. The van der Waals surface area contributed by atoms with Crippen molar-refractivity contribution < 1.29 is 22.5 Å². The maximum Gasteiger partial charge on any atom is 0.305 e. The van der Waals surface area contributed by atoms with Crippen LogP contribution in [-0.4, -0.2) is 26.0 Å². The van der Waals surface area contributed by atoms with Gasteiger partial charge >= 0.3 is 5.97 Å². The van der Waals surface area contributed by atoms with Gasteiger partial charge < -0.3 is 4.74 Å². The van der Waals surface area contributed by atoms with Crippen molar-refractivity contribution in [2.75, 3.05) is 7.11 Å². The van der Waals surface area contributed by atoms with Crippen molar-refractivity contribution in [3.63, 3.8) is 0 Å². The lowest BCUT2D eigenvalue weighted by atomic mass is 10.1. The van der Waals surface area contributed by atoms with Crippen LogP contribution in [0.3, 0.4) is 0 Å². The van der Waals surface area contributed by atoms with E-state index in [1.54, 1.807) is 12.1 Å². The van der Waals surface area contributed by atoms with Gasteiger partial charge in [0, 0.05) is 6.42 Å². The zero-order valence-corrected chi connectivity index (χ0v) is 9.53. The molecule has 1 aromatic rings. The van der Waals surface area contributed by atoms with Crippen molar-refractivity contribution in [2.24, 2.45) is 0 Å². The first-order chi connectivity index (χ1) is 7.45.